The van der Waals surface area contributed by atoms with Crippen LogP contribution in [0.4, 0.5) is 0 Å². The van der Waals surface area contributed by atoms with Gasteiger partial charge in [0.25, 0.3) is 5.91 Å². The van der Waals surface area contributed by atoms with Crippen molar-refractivity contribution in [2.45, 2.75) is 46.6 Å². The van der Waals surface area contributed by atoms with Gasteiger partial charge in [-0.25, -0.2) is 0 Å². The molecule has 0 aliphatic carbocycles. The quantitative estimate of drug-likeness (QED) is 0.672. The van der Waals surface area contributed by atoms with Crippen molar-refractivity contribution in [3.05, 3.63) is 59.6 Å². The molecule has 3 aromatic rings. The molecule has 2 N–H and O–H groups in total. The highest BCUT2D eigenvalue weighted by molar-refractivity contribution is 6.07. The fourth-order valence-corrected chi connectivity index (χ4v) is 2.61. The Morgan fingerprint density at radius 2 is 2.04 bits per heavy atom. The summed E-state index contributed by atoms with van der Waals surface area (Å²) in [5, 5.41) is 0.691. The Kier molecular flexibility index (Phi) is 6.78. The van der Waals surface area contributed by atoms with Crippen molar-refractivity contribution < 1.29 is 13.9 Å². The first-order valence-electron chi connectivity index (χ1n) is 8.99. The lowest BCUT2D eigenvalue weighted by Crippen LogP contribution is -2.13. The van der Waals surface area contributed by atoms with Crippen LogP contribution in [0.1, 0.15) is 61.8 Å². The Labute approximate surface area is 154 Å². The van der Waals surface area contributed by atoms with E-state index in [4.69, 9.17) is 14.9 Å². The number of nitrogens with zero attached hydrogens (tertiary/aromatic N) is 1. The normalized spacial score (nSPS) is 11.5. The summed E-state index contributed by atoms with van der Waals surface area (Å²) in [6.07, 6.45) is 2.59. The van der Waals surface area contributed by atoms with E-state index in [9.17, 15) is 4.79 Å². The van der Waals surface area contributed by atoms with E-state index in [2.05, 4.69) is 4.98 Å². The minimum absolute atomic E-state index is 0.123. The van der Waals surface area contributed by atoms with Crippen LogP contribution in [-0.4, -0.2) is 10.9 Å². The van der Waals surface area contributed by atoms with Crippen LogP contribution in [-0.2, 0) is 6.61 Å². The summed E-state index contributed by atoms with van der Waals surface area (Å²) < 4.78 is 11.6. The van der Waals surface area contributed by atoms with Gasteiger partial charge in [-0.1, -0.05) is 33.8 Å². The standard InChI is InChI=1S/C19H20N2O3.C2H6/c1-3-12(2)18-17(19(20)22)15-10-14(7-8-16(15)24-18)23-11-13-6-4-5-9-21-13;1-2/h4-10,12H,3,11H2,1-2H3,(H2,20,22);1-2H3. The third kappa shape index (κ3) is 4.23. The number of pyridine rings is 1. The van der Waals surface area contributed by atoms with Crippen LogP contribution in [0.2, 0.25) is 0 Å². The van der Waals surface area contributed by atoms with Gasteiger partial charge in [-0.15, -0.1) is 0 Å². The monoisotopic (exact) mass is 354 g/mol. The number of hydrogen-bond donors (Lipinski definition) is 1. The summed E-state index contributed by atoms with van der Waals surface area (Å²) >= 11 is 0. The number of hydrogen-bond acceptors (Lipinski definition) is 4. The molecule has 2 aromatic heterocycles. The number of amides is 1. The SMILES string of the molecule is CC.CCC(C)c1oc2ccc(OCc3ccccn3)cc2c1C(N)=O. The van der Waals surface area contributed by atoms with Crippen molar-refractivity contribution in [1.82, 2.24) is 4.98 Å². The highest BCUT2D eigenvalue weighted by Gasteiger charge is 2.22. The molecule has 5 heteroatoms. The van der Waals surface area contributed by atoms with Gasteiger partial charge in [0.05, 0.1) is 11.3 Å². The summed E-state index contributed by atoms with van der Waals surface area (Å²) in [7, 11) is 0. The number of fused-ring (bicyclic) bond motifs is 1. The zero-order chi connectivity index (χ0) is 19.1. The molecule has 0 aliphatic rings. The summed E-state index contributed by atoms with van der Waals surface area (Å²) in [4.78, 5) is 16.1. The minimum atomic E-state index is -0.481. The maximum absolute atomic E-state index is 11.9. The summed E-state index contributed by atoms with van der Waals surface area (Å²) in [6.45, 7) is 8.42. The van der Waals surface area contributed by atoms with Gasteiger partial charge in [0, 0.05) is 17.5 Å². The van der Waals surface area contributed by atoms with Gasteiger partial charge in [0.2, 0.25) is 0 Å². The van der Waals surface area contributed by atoms with E-state index in [1.54, 1.807) is 18.3 Å². The zero-order valence-electron chi connectivity index (χ0n) is 15.8. The number of benzene rings is 1. The summed E-state index contributed by atoms with van der Waals surface area (Å²) in [6, 6.07) is 11.1. The van der Waals surface area contributed by atoms with Crippen molar-refractivity contribution >= 4 is 16.9 Å². The van der Waals surface area contributed by atoms with Crippen molar-refractivity contribution in [2.75, 3.05) is 0 Å². The molecule has 0 aliphatic heterocycles. The van der Waals surface area contributed by atoms with Gasteiger partial charge >= 0.3 is 0 Å². The highest BCUT2D eigenvalue weighted by atomic mass is 16.5. The molecule has 0 spiro atoms. The first kappa shape index (κ1) is 19.5. The number of primary amides is 1. The third-order valence-electron chi connectivity index (χ3n) is 4.11. The fraction of sp³-hybridized carbons (Fsp3) is 0.333. The number of ether oxygens (including phenoxy) is 1. The maximum atomic E-state index is 11.9. The minimum Gasteiger partial charge on any atom is -0.487 e. The molecule has 26 heavy (non-hydrogen) atoms. The van der Waals surface area contributed by atoms with E-state index < -0.39 is 5.91 Å². The number of rotatable bonds is 6. The highest BCUT2D eigenvalue weighted by Crippen LogP contribution is 2.34. The molecule has 138 valence electrons. The second-order valence-corrected chi connectivity index (χ2v) is 5.78. The van der Waals surface area contributed by atoms with Crippen LogP contribution in [0, 0.1) is 0 Å². The Balaban J connectivity index is 0.00000117. The fourth-order valence-electron chi connectivity index (χ4n) is 2.61. The molecule has 1 aromatic carbocycles. The van der Waals surface area contributed by atoms with Crippen LogP contribution < -0.4 is 10.5 Å². The van der Waals surface area contributed by atoms with Gasteiger partial charge in [-0.2, -0.15) is 0 Å². The topological polar surface area (TPSA) is 78.3 Å². The lowest BCUT2D eigenvalue weighted by molar-refractivity contribution is 0.0999. The van der Waals surface area contributed by atoms with Gasteiger partial charge in [-0.05, 0) is 36.8 Å². The molecule has 2 heterocycles. The van der Waals surface area contributed by atoms with E-state index in [1.165, 1.54) is 0 Å². The van der Waals surface area contributed by atoms with Crippen molar-refractivity contribution in [2.24, 2.45) is 5.73 Å². The van der Waals surface area contributed by atoms with Crippen molar-refractivity contribution in [3.63, 3.8) is 0 Å². The largest absolute Gasteiger partial charge is 0.487 e. The molecule has 1 atom stereocenters. The molecule has 1 amide bonds. The van der Waals surface area contributed by atoms with E-state index in [0.717, 1.165) is 12.1 Å². The molecule has 0 fully saturated rings. The van der Waals surface area contributed by atoms with Crippen LogP contribution in [0.15, 0.2) is 47.0 Å². The van der Waals surface area contributed by atoms with Crippen molar-refractivity contribution in [1.29, 1.82) is 0 Å². The first-order chi connectivity index (χ1) is 12.6. The lowest BCUT2D eigenvalue weighted by atomic mass is 10.00. The molecule has 0 saturated carbocycles. The predicted molar refractivity (Wildman–Crippen MR) is 103 cm³/mol. The Hall–Kier alpha value is -2.82. The molecular weight excluding hydrogens is 328 g/mol. The van der Waals surface area contributed by atoms with E-state index in [0.29, 0.717) is 34.6 Å². The number of aromatic nitrogens is 1. The Morgan fingerprint density at radius 3 is 2.65 bits per heavy atom. The maximum Gasteiger partial charge on any atom is 0.252 e. The number of carbonyl (C=O) groups is 1. The number of furan rings is 1. The molecule has 0 bridgehead atoms. The molecule has 3 rings (SSSR count). The molecule has 0 saturated heterocycles. The average molecular weight is 354 g/mol. The van der Waals surface area contributed by atoms with E-state index >= 15 is 0 Å². The van der Waals surface area contributed by atoms with E-state index in [-0.39, 0.29) is 5.92 Å². The zero-order valence-corrected chi connectivity index (χ0v) is 15.8. The van der Waals surface area contributed by atoms with Gasteiger partial charge in [-0.3, -0.25) is 9.78 Å². The summed E-state index contributed by atoms with van der Waals surface area (Å²) in [5.74, 6) is 0.928. The molecule has 0 radical (unpaired) electrons. The number of carbonyl (C=O) groups excluding carboxylic acids is 1. The van der Waals surface area contributed by atoms with Crippen LogP contribution in [0.5, 0.6) is 5.75 Å². The lowest BCUT2D eigenvalue weighted by Gasteiger charge is -2.06. The van der Waals surface area contributed by atoms with Crippen LogP contribution >= 0.6 is 0 Å². The van der Waals surface area contributed by atoms with Crippen LogP contribution in [0.3, 0.4) is 0 Å². The second-order valence-electron chi connectivity index (χ2n) is 5.78. The van der Waals surface area contributed by atoms with Crippen molar-refractivity contribution in [3.8, 4) is 5.75 Å². The Bertz CT molecular complexity index is 856. The first-order valence-corrected chi connectivity index (χ1v) is 8.99. The molecule has 5 nitrogen and oxygen atoms in total. The third-order valence-corrected chi connectivity index (χ3v) is 4.11. The van der Waals surface area contributed by atoms with Gasteiger partial charge < -0.3 is 14.9 Å². The van der Waals surface area contributed by atoms with Gasteiger partial charge in [0.1, 0.15) is 23.7 Å². The summed E-state index contributed by atoms with van der Waals surface area (Å²) in [5.41, 5.74) is 7.51. The van der Waals surface area contributed by atoms with Gasteiger partial charge in [0.15, 0.2) is 0 Å². The molecule has 1 unspecified atom stereocenters. The Morgan fingerprint density at radius 1 is 1.27 bits per heavy atom. The average Bonchev–Trinajstić information content (AvgIpc) is 3.07. The van der Waals surface area contributed by atoms with Crippen LogP contribution in [0.25, 0.3) is 11.0 Å². The smallest absolute Gasteiger partial charge is 0.252 e. The second kappa shape index (κ2) is 9.04. The predicted octanol–water partition coefficient (Wildman–Crippen LogP) is 5.05. The number of nitrogens with two attached hydrogens (primary N) is 1. The van der Waals surface area contributed by atoms with E-state index in [1.807, 2.05) is 52.0 Å². The molecular formula is C21H26N2O3.